The van der Waals surface area contributed by atoms with Crippen LogP contribution in [0, 0.1) is 0 Å². The Balaban J connectivity index is 2.95. The molecule has 2 aromatic rings. The molecule has 4 heteroatoms. The van der Waals surface area contributed by atoms with Crippen molar-refractivity contribution in [1.29, 1.82) is 0 Å². The summed E-state index contributed by atoms with van der Waals surface area (Å²) in [7, 11) is 0. The standard InChI is InChI=1S/C6H6N4/c7-5-1-3-8-6-2-4-9-10(5)6/h1-4H,7H2. The predicted octanol–water partition coefficient (Wildman–Crippen LogP) is 0.311. The zero-order chi connectivity index (χ0) is 6.97. The number of hydrogen-bond donors (Lipinski definition) is 1. The van der Waals surface area contributed by atoms with Crippen molar-refractivity contribution < 1.29 is 0 Å². The zero-order valence-electron chi connectivity index (χ0n) is 5.23. The van der Waals surface area contributed by atoms with E-state index >= 15 is 0 Å². The Kier molecular flexibility index (Phi) is 0.887. The lowest BCUT2D eigenvalue weighted by molar-refractivity contribution is 0.952. The summed E-state index contributed by atoms with van der Waals surface area (Å²) in [5.74, 6) is 0.606. The number of nitrogens with two attached hydrogens (primary N) is 1. The minimum Gasteiger partial charge on any atom is -0.384 e. The average Bonchev–Trinajstić information content (AvgIpc) is 2.36. The van der Waals surface area contributed by atoms with Crippen LogP contribution in [0.15, 0.2) is 24.5 Å². The molecule has 10 heavy (non-hydrogen) atoms. The molecule has 4 nitrogen and oxygen atoms in total. The summed E-state index contributed by atoms with van der Waals surface area (Å²) in [5.41, 5.74) is 6.34. The molecule has 0 amide bonds. The summed E-state index contributed by atoms with van der Waals surface area (Å²) >= 11 is 0. The number of nitrogen functional groups attached to an aromatic ring is 1. The van der Waals surface area contributed by atoms with Crippen molar-refractivity contribution in [2.24, 2.45) is 0 Å². The van der Waals surface area contributed by atoms with Crippen LogP contribution in [-0.2, 0) is 0 Å². The van der Waals surface area contributed by atoms with Crippen LogP contribution >= 0.6 is 0 Å². The van der Waals surface area contributed by atoms with Gasteiger partial charge in [0.2, 0.25) is 0 Å². The van der Waals surface area contributed by atoms with Gasteiger partial charge in [-0.05, 0) is 6.07 Å². The molecule has 0 saturated heterocycles. The van der Waals surface area contributed by atoms with Gasteiger partial charge in [-0.3, -0.25) is 0 Å². The second-order valence-electron chi connectivity index (χ2n) is 1.97. The van der Waals surface area contributed by atoms with E-state index in [2.05, 4.69) is 10.1 Å². The summed E-state index contributed by atoms with van der Waals surface area (Å²) in [5, 5.41) is 3.95. The molecule has 0 bridgehead atoms. The molecule has 2 N–H and O–H groups in total. The van der Waals surface area contributed by atoms with E-state index in [-0.39, 0.29) is 0 Å². The normalized spacial score (nSPS) is 10.4. The van der Waals surface area contributed by atoms with Crippen LogP contribution in [0.25, 0.3) is 5.65 Å². The Morgan fingerprint density at radius 2 is 2.20 bits per heavy atom. The van der Waals surface area contributed by atoms with Crippen LogP contribution in [0.3, 0.4) is 0 Å². The van der Waals surface area contributed by atoms with Gasteiger partial charge in [-0.15, -0.1) is 0 Å². The number of rotatable bonds is 0. The van der Waals surface area contributed by atoms with Crippen LogP contribution < -0.4 is 5.73 Å². The van der Waals surface area contributed by atoms with Gasteiger partial charge < -0.3 is 5.73 Å². The molecule has 2 aromatic heterocycles. The maximum Gasteiger partial charge on any atom is 0.157 e. The smallest absolute Gasteiger partial charge is 0.157 e. The number of nitrogens with zero attached hydrogens (tertiary/aromatic N) is 3. The Morgan fingerprint density at radius 3 is 3.00 bits per heavy atom. The lowest BCUT2D eigenvalue weighted by Crippen LogP contribution is -1.97. The van der Waals surface area contributed by atoms with Gasteiger partial charge in [0.25, 0.3) is 0 Å². The molecule has 0 fully saturated rings. The summed E-state index contributed by atoms with van der Waals surface area (Å²) in [6.45, 7) is 0. The Bertz CT molecular complexity index is 351. The molecule has 0 aliphatic rings. The zero-order valence-corrected chi connectivity index (χ0v) is 5.23. The predicted molar refractivity (Wildman–Crippen MR) is 37.4 cm³/mol. The molecule has 2 rings (SSSR count). The van der Waals surface area contributed by atoms with Crippen LogP contribution in [0.4, 0.5) is 5.82 Å². The van der Waals surface area contributed by atoms with E-state index in [4.69, 9.17) is 5.73 Å². The molecule has 0 atom stereocenters. The van der Waals surface area contributed by atoms with Crippen LogP contribution in [0.1, 0.15) is 0 Å². The fraction of sp³-hybridized carbons (Fsp3) is 0. The maximum absolute atomic E-state index is 5.56. The molecule has 0 aromatic carbocycles. The molecule has 0 saturated carbocycles. The number of aromatic nitrogens is 3. The average molecular weight is 134 g/mol. The summed E-state index contributed by atoms with van der Waals surface area (Å²) in [6, 6.07) is 3.51. The quantitative estimate of drug-likeness (QED) is 0.564. The third-order valence-electron chi connectivity index (χ3n) is 1.32. The minimum atomic E-state index is 0.606. The lowest BCUT2D eigenvalue weighted by atomic mass is 10.6. The largest absolute Gasteiger partial charge is 0.384 e. The molecular formula is C6H6N4. The summed E-state index contributed by atoms with van der Waals surface area (Å²) in [6.07, 6.45) is 3.32. The van der Waals surface area contributed by atoms with E-state index in [1.165, 1.54) is 0 Å². The Morgan fingerprint density at radius 1 is 1.30 bits per heavy atom. The third kappa shape index (κ3) is 0.556. The first-order valence-electron chi connectivity index (χ1n) is 2.92. The second kappa shape index (κ2) is 1.70. The van der Waals surface area contributed by atoms with Crippen molar-refractivity contribution in [3.63, 3.8) is 0 Å². The molecule has 50 valence electrons. The van der Waals surface area contributed by atoms with E-state index in [0.29, 0.717) is 5.82 Å². The van der Waals surface area contributed by atoms with E-state index in [9.17, 15) is 0 Å². The van der Waals surface area contributed by atoms with Crippen molar-refractivity contribution in [3.05, 3.63) is 24.5 Å². The van der Waals surface area contributed by atoms with E-state index in [1.807, 2.05) is 0 Å². The number of hydrogen-bond acceptors (Lipinski definition) is 3. The molecule has 0 spiro atoms. The van der Waals surface area contributed by atoms with E-state index in [1.54, 1.807) is 29.0 Å². The first-order chi connectivity index (χ1) is 4.88. The molecule has 0 aliphatic carbocycles. The van der Waals surface area contributed by atoms with Crippen molar-refractivity contribution in [1.82, 2.24) is 14.6 Å². The van der Waals surface area contributed by atoms with Crippen molar-refractivity contribution in [2.75, 3.05) is 5.73 Å². The van der Waals surface area contributed by atoms with Gasteiger partial charge in [0, 0.05) is 12.3 Å². The number of anilines is 1. The van der Waals surface area contributed by atoms with Gasteiger partial charge in [-0.2, -0.15) is 9.61 Å². The molecule has 0 aliphatic heterocycles. The fourth-order valence-corrected chi connectivity index (χ4v) is 0.854. The van der Waals surface area contributed by atoms with Crippen molar-refractivity contribution in [3.8, 4) is 0 Å². The van der Waals surface area contributed by atoms with E-state index in [0.717, 1.165) is 5.65 Å². The van der Waals surface area contributed by atoms with Gasteiger partial charge in [0.1, 0.15) is 5.82 Å². The Labute approximate surface area is 57.3 Å². The molecule has 0 unspecified atom stereocenters. The second-order valence-corrected chi connectivity index (χ2v) is 1.97. The van der Waals surface area contributed by atoms with Gasteiger partial charge in [-0.25, -0.2) is 4.98 Å². The fourth-order valence-electron chi connectivity index (χ4n) is 0.854. The lowest BCUT2D eigenvalue weighted by Gasteiger charge is -1.94. The summed E-state index contributed by atoms with van der Waals surface area (Å²) < 4.78 is 1.58. The highest BCUT2D eigenvalue weighted by Gasteiger charge is 1.94. The highest BCUT2D eigenvalue weighted by Crippen LogP contribution is 2.02. The van der Waals surface area contributed by atoms with Gasteiger partial charge in [-0.1, -0.05) is 0 Å². The third-order valence-corrected chi connectivity index (χ3v) is 1.32. The number of fused-ring (bicyclic) bond motifs is 1. The van der Waals surface area contributed by atoms with Crippen molar-refractivity contribution >= 4 is 11.5 Å². The first-order valence-corrected chi connectivity index (χ1v) is 2.92. The summed E-state index contributed by atoms with van der Waals surface area (Å²) in [4.78, 5) is 4.02. The Hall–Kier alpha value is -1.58. The van der Waals surface area contributed by atoms with Crippen molar-refractivity contribution in [2.45, 2.75) is 0 Å². The molecule has 0 radical (unpaired) electrons. The van der Waals surface area contributed by atoms with Crippen LogP contribution in [0.5, 0.6) is 0 Å². The first kappa shape index (κ1) is 5.22. The van der Waals surface area contributed by atoms with Crippen LogP contribution in [-0.4, -0.2) is 14.6 Å². The van der Waals surface area contributed by atoms with Gasteiger partial charge in [0.15, 0.2) is 5.65 Å². The molecular weight excluding hydrogens is 128 g/mol. The molecule has 2 heterocycles. The minimum absolute atomic E-state index is 0.606. The topological polar surface area (TPSA) is 56.2 Å². The SMILES string of the molecule is Nc1ccnc2ccnn12. The van der Waals surface area contributed by atoms with Gasteiger partial charge in [0.05, 0.1) is 6.20 Å². The highest BCUT2D eigenvalue weighted by atomic mass is 15.3. The highest BCUT2D eigenvalue weighted by molar-refractivity contribution is 5.43. The monoisotopic (exact) mass is 134 g/mol. The van der Waals surface area contributed by atoms with Crippen LogP contribution in [0.2, 0.25) is 0 Å². The maximum atomic E-state index is 5.56. The van der Waals surface area contributed by atoms with E-state index < -0.39 is 0 Å². The van der Waals surface area contributed by atoms with Gasteiger partial charge >= 0.3 is 0 Å².